The van der Waals surface area contributed by atoms with Crippen molar-refractivity contribution in [2.45, 2.75) is 32.0 Å². The standard InChI is InChI=1S/C29H32N6O3/c36-26-9-4-8-25(20-26)28(34-18-16-33(17-19-34)21-22-6-2-1-3-7-22)23-11-13-24(14-12-23)29-30-32-35(31-29)15-5-10-27(37)38/h1-4,6-9,11-14,20,28,36H,5,10,15-19,21H2,(H,37,38)/t28-/m0/s1. The highest BCUT2D eigenvalue weighted by Crippen LogP contribution is 2.32. The molecule has 0 unspecified atom stereocenters. The molecule has 196 valence electrons. The van der Waals surface area contributed by atoms with E-state index < -0.39 is 5.97 Å². The summed E-state index contributed by atoms with van der Waals surface area (Å²) in [6.07, 6.45) is 0.525. The van der Waals surface area contributed by atoms with Crippen LogP contribution in [0.4, 0.5) is 0 Å². The number of benzene rings is 3. The molecule has 9 nitrogen and oxygen atoms in total. The van der Waals surface area contributed by atoms with Gasteiger partial charge in [-0.25, -0.2) is 0 Å². The van der Waals surface area contributed by atoms with Crippen molar-refractivity contribution in [1.82, 2.24) is 30.0 Å². The molecule has 2 heterocycles. The van der Waals surface area contributed by atoms with Crippen LogP contribution in [-0.2, 0) is 17.9 Å². The molecule has 9 heteroatoms. The van der Waals surface area contributed by atoms with Crippen molar-refractivity contribution in [3.05, 3.63) is 95.6 Å². The SMILES string of the molecule is O=C(O)CCCn1nnc(-c2ccc([C@@H](c3cccc(O)c3)N3CCN(Cc4ccccc4)CC3)cc2)n1. The number of carbonyl (C=O) groups is 1. The van der Waals surface area contributed by atoms with Crippen LogP contribution in [0.15, 0.2) is 78.9 Å². The molecule has 3 aromatic carbocycles. The summed E-state index contributed by atoms with van der Waals surface area (Å²) in [7, 11) is 0. The van der Waals surface area contributed by atoms with Gasteiger partial charge in [-0.15, -0.1) is 10.2 Å². The zero-order valence-electron chi connectivity index (χ0n) is 21.2. The average molecular weight is 513 g/mol. The predicted octanol–water partition coefficient (Wildman–Crippen LogP) is 3.82. The largest absolute Gasteiger partial charge is 0.508 e. The number of tetrazole rings is 1. The fourth-order valence-corrected chi connectivity index (χ4v) is 4.97. The van der Waals surface area contributed by atoms with Gasteiger partial charge in [0.15, 0.2) is 0 Å². The number of aromatic nitrogens is 4. The lowest BCUT2D eigenvalue weighted by molar-refractivity contribution is -0.137. The fourth-order valence-electron chi connectivity index (χ4n) is 4.97. The Kier molecular flexibility index (Phi) is 8.06. The van der Waals surface area contributed by atoms with Gasteiger partial charge in [-0.1, -0.05) is 66.7 Å². The molecule has 4 aromatic rings. The van der Waals surface area contributed by atoms with E-state index in [1.54, 1.807) is 6.07 Å². The molecule has 1 atom stereocenters. The van der Waals surface area contributed by atoms with Crippen molar-refractivity contribution < 1.29 is 15.0 Å². The number of phenols is 1. The molecule has 0 aliphatic carbocycles. The molecule has 38 heavy (non-hydrogen) atoms. The van der Waals surface area contributed by atoms with Crippen LogP contribution in [0.25, 0.3) is 11.4 Å². The zero-order chi connectivity index (χ0) is 26.3. The van der Waals surface area contributed by atoms with Crippen LogP contribution < -0.4 is 0 Å². The van der Waals surface area contributed by atoms with Crippen LogP contribution in [-0.4, -0.2) is 72.4 Å². The van der Waals surface area contributed by atoms with Gasteiger partial charge in [0.05, 0.1) is 12.6 Å². The monoisotopic (exact) mass is 512 g/mol. The first-order valence-corrected chi connectivity index (χ1v) is 12.9. The van der Waals surface area contributed by atoms with E-state index in [0.717, 1.165) is 49.4 Å². The molecule has 5 rings (SSSR count). The molecule has 1 aliphatic heterocycles. The number of aryl methyl sites for hydroxylation is 1. The summed E-state index contributed by atoms with van der Waals surface area (Å²) in [5.41, 5.74) is 4.36. The highest BCUT2D eigenvalue weighted by atomic mass is 16.4. The minimum absolute atomic E-state index is 0.00897. The van der Waals surface area contributed by atoms with E-state index in [1.165, 1.54) is 10.4 Å². The molecule has 1 aliphatic rings. The number of rotatable bonds is 10. The summed E-state index contributed by atoms with van der Waals surface area (Å²) < 4.78 is 0. The third kappa shape index (κ3) is 6.42. The Morgan fingerprint density at radius 1 is 0.895 bits per heavy atom. The van der Waals surface area contributed by atoms with Gasteiger partial charge in [0, 0.05) is 44.7 Å². The smallest absolute Gasteiger partial charge is 0.303 e. The molecule has 0 saturated carbocycles. The number of carboxylic acids is 1. The van der Waals surface area contributed by atoms with Crippen molar-refractivity contribution in [1.29, 1.82) is 0 Å². The van der Waals surface area contributed by atoms with E-state index in [-0.39, 0.29) is 18.2 Å². The first-order valence-electron chi connectivity index (χ1n) is 12.9. The molecule has 0 radical (unpaired) electrons. The van der Waals surface area contributed by atoms with E-state index in [9.17, 15) is 9.90 Å². The number of piperazine rings is 1. The van der Waals surface area contributed by atoms with Gasteiger partial charge in [0.25, 0.3) is 0 Å². The molecular formula is C29H32N6O3. The molecule has 1 fully saturated rings. The average Bonchev–Trinajstić information content (AvgIpc) is 3.40. The Bertz CT molecular complexity index is 1330. The van der Waals surface area contributed by atoms with Crippen molar-refractivity contribution >= 4 is 5.97 Å². The minimum Gasteiger partial charge on any atom is -0.508 e. The Morgan fingerprint density at radius 3 is 2.37 bits per heavy atom. The highest BCUT2D eigenvalue weighted by molar-refractivity contribution is 5.66. The number of hydrogen-bond acceptors (Lipinski definition) is 7. The predicted molar refractivity (Wildman–Crippen MR) is 143 cm³/mol. The van der Waals surface area contributed by atoms with Crippen LogP contribution >= 0.6 is 0 Å². The Labute approximate surface area is 221 Å². The summed E-state index contributed by atoms with van der Waals surface area (Å²) >= 11 is 0. The van der Waals surface area contributed by atoms with Crippen LogP contribution in [0.1, 0.15) is 35.6 Å². The molecule has 1 saturated heterocycles. The third-order valence-corrected chi connectivity index (χ3v) is 6.89. The van der Waals surface area contributed by atoms with Crippen LogP contribution in [0, 0.1) is 0 Å². The lowest BCUT2D eigenvalue weighted by Gasteiger charge is -2.40. The first-order chi connectivity index (χ1) is 18.5. The minimum atomic E-state index is -0.833. The number of aliphatic carboxylic acids is 1. The number of hydrogen-bond donors (Lipinski definition) is 2. The van der Waals surface area contributed by atoms with Crippen molar-refractivity contribution in [2.75, 3.05) is 26.2 Å². The summed E-state index contributed by atoms with van der Waals surface area (Å²) in [6, 6.07) is 26.3. The second kappa shape index (κ2) is 12.0. The van der Waals surface area contributed by atoms with Crippen molar-refractivity contribution in [3.63, 3.8) is 0 Å². The van der Waals surface area contributed by atoms with Gasteiger partial charge in [-0.2, -0.15) is 4.80 Å². The zero-order valence-corrected chi connectivity index (χ0v) is 21.2. The number of phenolic OH excluding ortho intramolecular Hbond substituents is 1. The van der Waals surface area contributed by atoms with Crippen LogP contribution in [0.5, 0.6) is 5.75 Å². The Balaban J connectivity index is 1.31. The summed E-state index contributed by atoms with van der Waals surface area (Å²) in [4.78, 5) is 17.1. The maximum atomic E-state index is 10.7. The number of carboxylic acid groups (broad SMARTS) is 1. The highest BCUT2D eigenvalue weighted by Gasteiger charge is 2.27. The van der Waals surface area contributed by atoms with E-state index in [1.807, 2.05) is 30.3 Å². The second-order valence-electron chi connectivity index (χ2n) is 9.62. The summed E-state index contributed by atoms with van der Waals surface area (Å²) in [6.45, 7) is 5.13. The van der Waals surface area contributed by atoms with Crippen molar-refractivity contribution in [2.24, 2.45) is 0 Å². The van der Waals surface area contributed by atoms with Gasteiger partial charge in [0.1, 0.15) is 5.75 Å². The molecule has 0 bridgehead atoms. The molecule has 2 N–H and O–H groups in total. The van der Waals surface area contributed by atoms with Gasteiger partial charge < -0.3 is 10.2 Å². The van der Waals surface area contributed by atoms with Crippen LogP contribution in [0.3, 0.4) is 0 Å². The van der Waals surface area contributed by atoms with Gasteiger partial charge in [0.2, 0.25) is 5.82 Å². The number of aromatic hydroxyl groups is 1. The Hall–Kier alpha value is -4.08. The number of nitrogens with zero attached hydrogens (tertiary/aromatic N) is 6. The lowest BCUT2D eigenvalue weighted by Crippen LogP contribution is -2.47. The quantitative estimate of drug-likeness (QED) is 0.330. The van der Waals surface area contributed by atoms with Gasteiger partial charge >= 0.3 is 5.97 Å². The van der Waals surface area contributed by atoms with E-state index >= 15 is 0 Å². The normalized spacial score (nSPS) is 15.4. The maximum absolute atomic E-state index is 10.7. The molecule has 1 aromatic heterocycles. The topological polar surface area (TPSA) is 108 Å². The van der Waals surface area contributed by atoms with Crippen molar-refractivity contribution in [3.8, 4) is 17.1 Å². The van der Waals surface area contributed by atoms with E-state index in [4.69, 9.17) is 5.11 Å². The molecule has 0 amide bonds. The van der Waals surface area contributed by atoms with Gasteiger partial charge in [-0.3, -0.25) is 14.6 Å². The first kappa shape index (κ1) is 25.6. The summed E-state index contributed by atoms with van der Waals surface area (Å²) in [5.74, 6) is -0.0642. The Morgan fingerprint density at radius 2 is 1.66 bits per heavy atom. The van der Waals surface area contributed by atoms with Crippen LogP contribution in [0.2, 0.25) is 0 Å². The molecule has 0 spiro atoms. The van der Waals surface area contributed by atoms with E-state index in [0.29, 0.717) is 18.8 Å². The van der Waals surface area contributed by atoms with Gasteiger partial charge in [-0.05, 0) is 40.5 Å². The lowest BCUT2D eigenvalue weighted by atomic mass is 9.95. The maximum Gasteiger partial charge on any atom is 0.303 e. The fraction of sp³-hybridized carbons (Fsp3) is 0.310. The third-order valence-electron chi connectivity index (χ3n) is 6.89. The molecular weight excluding hydrogens is 480 g/mol. The van der Waals surface area contributed by atoms with E-state index in [2.05, 4.69) is 67.7 Å². The summed E-state index contributed by atoms with van der Waals surface area (Å²) in [5, 5.41) is 31.6. The second-order valence-corrected chi connectivity index (χ2v) is 9.62.